The van der Waals surface area contributed by atoms with Crippen molar-refractivity contribution >= 4 is 0 Å². The number of aromatic nitrogens is 3. The number of nitrogens with two attached hydrogens (primary N) is 1. The van der Waals surface area contributed by atoms with Crippen molar-refractivity contribution in [3.05, 3.63) is 12.2 Å². The Bertz CT molecular complexity index is 295. The van der Waals surface area contributed by atoms with E-state index in [0.29, 0.717) is 13.2 Å². The molecule has 5 heteroatoms. The molecule has 15 heavy (non-hydrogen) atoms. The summed E-state index contributed by atoms with van der Waals surface area (Å²) in [5.41, 5.74) is 5.71. The summed E-state index contributed by atoms with van der Waals surface area (Å²) in [5.74, 6) is 0.851. The van der Waals surface area contributed by atoms with Gasteiger partial charge in [0.05, 0.1) is 6.61 Å². The monoisotopic (exact) mass is 212 g/mol. The van der Waals surface area contributed by atoms with Crippen LogP contribution in [0, 0.1) is 0 Å². The lowest BCUT2D eigenvalue weighted by Gasteiger charge is -2.22. The molecule has 2 N–H and O–H groups in total. The van der Waals surface area contributed by atoms with Gasteiger partial charge in [-0.15, -0.1) is 0 Å². The fourth-order valence-electron chi connectivity index (χ4n) is 1.14. The van der Waals surface area contributed by atoms with Crippen molar-refractivity contribution in [3.8, 4) is 0 Å². The van der Waals surface area contributed by atoms with Crippen LogP contribution in [0.1, 0.15) is 33.0 Å². The van der Waals surface area contributed by atoms with E-state index in [0.717, 1.165) is 18.8 Å². The fraction of sp³-hybridized carbons (Fsp3) is 0.800. The van der Waals surface area contributed by atoms with E-state index in [1.165, 1.54) is 0 Å². The Kier molecular flexibility index (Phi) is 4.23. The van der Waals surface area contributed by atoms with Gasteiger partial charge in [-0.1, -0.05) is 6.92 Å². The van der Waals surface area contributed by atoms with E-state index >= 15 is 0 Å². The largest absolute Gasteiger partial charge is 0.372 e. The average Bonchev–Trinajstić information content (AvgIpc) is 2.65. The minimum Gasteiger partial charge on any atom is -0.372 e. The van der Waals surface area contributed by atoms with Crippen LogP contribution < -0.4 is 5.73 Å². The van der Waals surface area contributed by atoms with Crippen LogP contribution in [0.15, 0.2) is 6.33 Å². The molecule has 5 nitrogen and oxygen atoms in total. The summed E-state index contributed by atoms with van der Waals surface area (Å²) in [7, 11) is 0. The Balaban J connectivity index is 2.38. The van der Waals surface area contributed by atoms with Crippen LogP contribution in [-0.4, -0.2) is 26.9 Å². The van der Waals surface area contributed by atoms with Crippen molar-refractivity contribution in [1.82, 2.24) is 14.8 Å². The summed E-state index contributed by atoms with van der Waals surface area (Å²) in [6.45, 7) is 7.89. The molecular weight excluding hydrogens is 192 g/mol. The third kappa shape index (κ3) is 3.60. The second kappa shape index (κ2) is 5.23. The predicted molar refractivity (Wildman–Crippen MR) is 58.2 cm³/mol. The summed E-state index contributed by atoms with van der Waals surface area (Å²) >= 11 is 0. The van der Waals surface area contributed by atoms with Gasteiger partial charge < -0.3 is 10.5 Å². The lowest BCUT2D eigenvalue weighted by Crippen LogP contribution is -2.40. The molecule has 1 unspecified atom stereocenters. The molecule has 0 aliphatic heterocycles. The lowest BCUT2D eigenvalue weighted by atomic mass is 10.0. The number of ether oxygens (including phenoxy) is 1. The molecule has 0 fully saturated rings. The normalized spacial score (nSPS) is 15.2. The highest BCUT2D eigenvalue weighted by Crippen LogP contribution is 2.06. The van der Waals surface area contributed by atoms with E-state index in [4.69, 9.17) is 10.5 Å². The Hall–Kier alpha value is -0.940. The lowest BCUT2D eigenvalue weighted by molar-refractivity contribution is 0.0713. The second-order valence-electron chi connectivity index (χ2n) is 3.99. The van der Waals surface area contributed by atoms with Crippen LogP contribution in [0.2, 0.25) is 0 Å². The zero-order chi connectivity index (χ0) is 11.3. The van der Waals surface area contributed by atoms with Gasteiger partial charge in [-0.05, 0) is 20.3 Å². The summed E-state index contributed by atoms with van der Waals surface area (Å²) in [5, 5.41) is 4.06. The van der Waals surface area contributed by atoms with Gasteiger partial charge in [-0.3, -0.25) is 0 Å². The van der Waals surface area contributed by atoms with Crippen LogP contribution in [0.25, 0.3) is 0 Å². The Labute approximate surface area is 90.6 Å². The highest BCUT2D eigenvalue weighted by molar-refractivity contribution is 4.82. The topological polar surface area (TPSA) is 66.0 Å². The van der Waals surface area contributed by atoms with Crippen molar-refractivity contribution in [2.75, 3.05) is 6.61 Å². The number of rotatable bonds is 6. The molecule has 0 aliphatic rings. The SMILES string of the molecule is CCn1ncnc1COCC(C)(N)CC. The van der Waals surface area contributed by atoms with Gasteiger partial charge in [-0.25, -0.2) is 9.67 Å². The molecule has 1 rings (SSSR count). The van der Waals surface area contributed by atoms with E-state index in [1.807, 2.05) is 18.5 Å². The third-order valence-corrected chi connectivity index (χ3v) is 2.47. The van der Waals surface area contributed by atoms with E-state index in [-0.39, 0.29) is 5.54 Å². The van der Waals surface area contributed by atoms with E-state index in [1.54, 1.807) is 6.33 Å². The molecule has 1 aromatic heterocycles. The highest BCUT2D eigenvalue weighted by Gasteiger charge is 2.16. The first-order chi connectivity index (χ1) is 7.09. The molecule has 0 saturated heterocycles. The quantitative estimate of drug-likeness (QED) is 0.762. The number of hydrogen-bond acceptors (Lipinski definition) is 4. The number of aryl methyl sites for hydroxylation is 1. The van der Waals surface area contributed by atoms with Crippen molar-refractivity contribution < 1.29 is 4.74 Å². The average molecular weight is 212 g/mol. The minimum atomic E-state index is -0.253. The van der Waals surface area contributed by atoms with Crippen LogP contribution in [-0.2, 0) is 17.9 Å². The zero-order valence-corrected chi connectivity index (χ0v) is 9.73. The fourth-order valence-corrected chi connectivity index (χ4v) is 1.14. The van der Waals surface area contributed by atoms with Crippen molar-refractivity contribution in [2.24, 2.45) is 5.73 Å². The van der Waals surface area contributed by atoms with Gasteiger partial charge in [0.2, 0.25) is 0 Å². The predicted octanol–water partition coefficient (Wildman–Crippen LogP) is 0.942. The Morgan fingerprint density at radius 3 is 2.87 bits per heavy atom. The van der Waals surface area contributed by atoms with Crippen LogP contribution >= 0.6 is 0 Å². The van der Waals surface area contributed by atoms with Crippen LogP contribution in [0.3, 0.4) is 0 Å². The Morgan fingerprint density at radius 1 is 1.53 bits per heavy atom. The molecule has 0 aromatic carbocycles. The molecule has 1 aromatic rings. The first-order valence-corrected chi connectivity index (χ1v) is 5.32. The van der Waals surface area contributed by atoms with E-state index in [2.05, 4.69) is 17.0 Å². The minimum absolute atomic E-state index is 0.253. The summed E-state index contributed by atoms with van der Waals surface area (Å²) in [4.78, 5) is 4.12. The molecule has 0 bridgehead atoms. The van der Waals surface area contributed by atoms with Crippen molar-refractivity contribution in [2.45, 2.75) is 45.9 Å². The van der Waals surface area contributed by atoms with Crippen LogP contribution in [0.4, 0.5) is 0 Å². The van der Waals surface area contributed by atoms with Gasteiger partial charge in [0.15, 0.2) is 5.82 Å². The van der Waals surface area contributed by atoms with Gasteiger partial charge in [0, 0.05) is 12.1 Å². The second-order valence-corrected chi connectivity index (χ2v) is 3.99. The first-order valence-electron chi connectivity index (χ1n) is 5.32. The smallest absolute Gasteiger partial charge is 0.152 e. The summed E-state index contributed by atoms with van der Waals surface area (Å²) in [6, 6.07) is 0. The van der Waals surface area contributed by atoms with E-state index in [9.17, 15) is 0 Å². The maximum Gasteiger partial charge on any atom is 0.152 e. The van der Waals surface area contributed by atoms with Gasteiger partial charge in [0.25, 0.3) is 0 Å². The van der Waals surface area contributed by atoms with Gasteiger partial charge in [0.1, 0.15) is 12.9 Å². The molecule has 0 radical (unpaired) electrons. The Morgan fingerprint density at radius 2 is 2.27 bits per heavy atom. The number of nitrogens with zero attached hydrogens (tertiary/aromatic N) is 3. The van der Waals surface area contributed by atoms with Crippen LogP contribution in [0.5, 0.6) is 0 Å². The molecule has 1 atom stereocenters. The standard InChI is InChI=1S/C10H20N4O/c1-4-10(3,11)7-15-6-9-12-8-13-14(9)5-2/h8H,4-7,11H2,1-3H3. The molecular formula is C10H20N4O. The molecule has 0 aliphatic carbocycles. The summed E-state index contributed by atoms with van der Waals surface area (Å²) in [6.07, 6.45) is 2.44. The van der Waals surface area contributed by atoms with Gasteiger partial charge in [-0.2, -0.15) is 5.10 Å². The molecule has 1 heterocycles. The summed E-state index contributed by atoms with van der Waals surface area (Å²) < 4.78 is 7.35. The zero-order valence-electron chi connectivity index (χ0n) is 9.73. The number of hydrogen-bond donors (Lipinski definition) is 1. The molecule has 86 valence electrons. The van der Waals surface area contributed by atoms with E-state index < -0.39 is 0 Å². The highest BCUT2D eigenvalue weighted by atomic mass is 16.5. The van der Waals surface area contributed by atoms with Crippen molar-refractivity contribution in [3.63, 3.8) is 0 Å². The maximum absolute atomic E-state index is 5.96. The van der Waals surface area contributed by atoms with Crippen molar-refractivity contribution in [1.29, 1.82) is 0 Å². The molecule has 0 spiro atoms. The maximum atomic E-state index is 5.96. The molecule has 0 saturated carbocycles. The third-order valence-electron chi connectivity index (χ3n) is 2.47. The first kappa shape index (κ1) is 12.1. The van der Waals surface area contributed by atoms with Gasteiger partial charge >= 0.3 is 0 Å². The molecule has 0 amide bonds.